The zero-order valence-corrected chi connectivity index (χ0v) is 25.2. The fourth-order valence-corrected chi connectivity index (χ4v) is 7.41. The molecule has 10 aromatic rings. The molecule has 1 aromatic heterocycles. The van der Waals surface area contributed by atoms with E-state index in [0.29, 0.717) is 38.3 Å². The summed E-state index contributed by atoms with van der Waals surface area (Å²) < 4.78 is 52.8. The molecule has 0 atom stereocenters. The van der Waals surface area contributed by atoms with Crippen molar-refractivity contribution in [1.29, 1.82) is 0 Å². The standard InChI is InChI=1S/C46H28O/c1-2-13-29(14-3-1)31-16-12-17-32(27-31)43-36-21-8-10-23-38(36)44(39-24-11-9-22-37(39)43)41-28-42-45(35-20-7-6-19-34(35)41)40-26-25-30-15-4-5-18-33(30)46(40)47-42/h1-28H/i6D,7D,19D,20D,28D. The quantitative estimate of drug-likeness (QED) is 0.184. The predicted molar refractivity (Wildman–Crippen MR) is 200 cm³/mol. The van der Waals surface area contributed by atoms with Crippen LogP contribution in [-0.2, 0) is 0 Å². The van der Waals surface area contributed by atoms with Crippen LogP contribution in [0, 0.1) is 0 Å². The fourth-order valence-electron chi connectivity index (χ4n) is 7.41. The molecule has 1 nitrogen and oxygen atoms in total. The minimum atomic E-state index is -0.335. The van der Waals surface area contributed by atoms with Crippen molar-refractivity contribution < 1.29 is 11.3 Å². The van der Waals surface area contributed by atoms with E-state index in [1.165, 1.54) is 0 Å². The van der Waals surface area contributed by atoms with Gasteiger partial charge in [0.05, 0.1) is 6.85 Å². The molecule has 47 heavy (non-hydrogen) atoms. The van der Waals surface area contributed by atoms with Gasteiger partial charge in [-0.3, -0.25) is 0 Å². The second-order valence-corrected chi connectivity index (χ2v) is 12.0. The summed E-state index contributed by atoms with van der Waals surface area (Å²) in [6.07, 6.45) is 0. The summed E-state index contributed by atoms with van der Waals surface area (Å²) in [7, 11) is 0. The summed E-state index contributed by atoms with van der Waals surface area (Å²) in [6.45, 7) is 0. The van der Waals surface area contributed by atoms with E-state index in [9.17, 15) is 4.11 Å². The van der Waals surface area contributed by atoms with E-state index in [2.05, 4.69) is 60.7 Å². The zero-order chi connectivity index (χ0) is 35.2. The molecule has 218 valence electrons. The Labute approximate surface area is 279 Å². The molecular weight excluding hydrogens is 569 g/mol. The number of benzene rings is 9. The van der Waals surface area contributed by atoms with E-state index >= 15 is 0 Å². The van der Waals surface area contributed by atoms with Gasteiger partial charge in [-0.2, -0.15) is 0 Å². The Balaban J connectivity index is 1.40. The van der Waals surface area contributed by atoms with Gasteiger partial charge in [-0.15, -0.1) is 0 Å². The van der Waals surface area contributed by atoms with Crippen molar-refractivity contribution in [3.05, 3.63) is 170 Å². The van der Waals surface area contributed by atoms with Crippen molar-refractivity contribution in [2.24, 2.45) is 0 Å². The Morgan fingerprint density at radius 3 is 1.77 bits per heavy atom. The Hall–Kier alpha value is -6.18. The minimum Gasteiger partial charge on any atom is -0.455 e. The molecule has 1 heterocycles. The maximum Gasteiger partial charge on any atom is 0.143 e. The van der Waals surface area contributed by atoms with Gasteiger partial charge < -0.3 is 4.42 Å². The topological polar surface area (TPSA) is 13.1 Å². The molecule has 0 saturated carbocycles. The molecular formula is C46H28O. The van der Waals surface area contributed by atoms with Gasteiger partial charge >= 0.3 is 0 Å². The van der Waals surface area contributed by atoms with Crippen molar-refractivity contribution in [1.82, 2.24) is 0 Å². The normalized spacial score (nSPS) is 13.3. The second-order valence-electron chi connectivity index (χ2n) is 12.0. The first-order chi connectivity index (χ1) is 25.4. The molecule has 0 amide bonds. The van der Waals surface area contributed by atoms with E-state index < -0.39 is 0 Å². The van der Waals surface area contributed by atoms with Gasteiger partial charge in [0.15, 0.2) is 0 Å². The van der Waals surface area contributed by atoms with Crippen molar-refractivity contribution in [3.8, 4) is 33.4 Å². The lowest BCUT2D eigenvalue weighted by molar-refractivity contribution is 0.673. The second kappa shape index (κ2) is 10.2. The third-order valence-electron chi connectivity index (χ3n) is 9.45. The fraction of sp³-hybridized carbons (Fsp3) is 0. The molecule has 1 heteroatoms. The largest absolute Gasteiger partial charge is 0.455 e. The lowest BCUT2D eigenvalue weighted by atomic mass is 9.84. The summed E-state index contributed by atoms with van der Waals surface area (Å²) in [5, 5.41) is 7.49. The molecule has 0 fully saturated rings. The summed E-state index contributed by atoms with van der Waals surface area (Å²) >= 11 is 0. The molecule has 0 bridgehead atoms. The van der Waals surface area contributed by atoms with Gasteiger partial charge in [0.1, 0.15) is 11.2 Å². The highest BCUT2D eigenvalue weighted by Crippen LogP contribution is 2.48. The minimum absolute atomic E-state index is 0.0851. The average Bonchev–Trinajstić information content (AvgIpc) is 3.59. The highest BCUT2D eigenvalue weighted by Gasteiger charge is 2.21. The molecule has 0 aliphatic rings. The third-order valence-corrected chi connectivity index (χ3v) is 9.45. The summed E-state index contributed by atoms with van der Waals surface area (Å²) in [5.41, 5.74) is 6.40. The highest BCUT2D eigenvalue weighted by atomic mass is 16.3. The first kappa shape index (κ1) is 21.5. The van der Waals surface area contributed by atoms with E-state index in [-0.39, 0.29) is 30.2 Å². The van der Waals surface area contributed by atoms with E-state index in [4.69, 9.17) is 7.16 Å². The monoisotopic (exact) mass is 601 g/mol. The van der Waals surface area contributed by atoms with E-state index in [0.717, 1.165) is 60.1 Å². The first-order valence-corrected chi connectivity index (χ1v) is 15.8. The molecule has 9 aromatic carbocycles. The number of fused-ring (bicyclic) bond motifs is 9. The number of hydrogen-bond donors (Lipinski definition) is 0. The van der Waals surface area contributed by atoms with Gasteiger partial charge in [-0.1, -0.05) is 152 Å². The zero-order valence-electron chi connectivity index (χ0n) is 30.2. The Morgan fingerprint density at radius 2 is 1.02 bits per heavy atom. The lowest BCUT2D eigenvalue weighted by Crippen LogP contribution is -1.92. The van der Waals surface area contributed by atoms with Gasteiger partial charge in [0.25, 0.3) is 0 Å². The third kappa shape index (κ3) is 3.90. The molecule has 0 N–H and O–H groups in total. The molecule has 0 unspecified atom stereocenters. The predicted octanol–water partition coefficient (Wildman–Crippen LogP) is 13.2. The van der Waals surface area contributed by atoms with Crippen LogP contribution < -0.4 is 0 Å². The van der Waals surface area contributed by atoms with Crippen molar-refractivity contribution >= 4 is 65.0 Å². The number of hydrogen-bond acceptors (Lipinski definition) is 1. The van der Waals surface area contributed by atoms with Gasteiger partial charge in [-0.05, 0) is 89.3 Å². The van der Waals surface area contributed by atoms with Gasteiger partial charge in [-0.25, -0.2) is 0 Å². The maximum absolute atomic E-state index is 9.94. The molecule has 0 spiro atoms. The highest BCUT2D eigenvalue weighted by molar-refractivity contribution is 6.29. The Kier molecular flexibility index (Phi) is 4.66. The van der Waals surface area contributed by atoms with Crippen molar-refractivity contribution in [3.63, 3.8) is 0 Å². The van der Waals surface area contributed by atoms with E-state index in [1.807, 2.05) is 78.9 Å². The van der Waals surface area contributed by atoms with Crippen LogP contribution in [0.5, 0.6) is 0 Å². The van der Waals surface area contributed by atoms with Crippen LogP contribution >= 0.6 is 0 Å². The molecule has 0 aliphatic carbocycles. The van der Waals surface area contributed by atoms with Gasteiger partial charge in [0, 0.05) is 16.2 Å². The summed E-state index contributed by atoms with van der Waals surface area (Å²) in [6, 6.07) is 46.1. The van der Waals surface area contributed by atoms with Gasteiger partial charge in [0.2, 0.25) is 0 Å². The van der Waals surface area contributed by atoms with Crippen LogP contribution in [0.3, 0.4) is 0 Å². The SMILES string of the molecule is [2H]c1c([2H])c([2H])c2c(c1[2H])c(-c1c3ccccc3c(-c3cccc(-c4ccccc4)c3)c3ccccc13)c([2H])c1oc3c4ccccc4ccc3c12. The lowest BCUT2D eigenvalue weighted by Gasteiger charge is -2.19. The molecule has 0 aliphatic heterocycles. The molecule has 0 radical (unpaired) electrons. The van der Waals surface area contributed by atoms with E-state index in [1.54, 1.807) is 0 Å². The van der Waals surface area contributed by atoms with Crippen LogP contribution in [0.2, 0.25) is 0 Å². The first-order valence-electron chi connectivity index (χ1n) is 18.3. The van der Waals surface area contributed by atoms with Crippen LogP contribution in [0.1, 0.15) is 6.85 Å². The Bertz CT molecular complexity index is 3070. The molecule has 0 saturated heterocycles. The number of furan rings is 1. The number of rotatable bonds is 3. The maximum atomic E-state index is 9.94. The smallest absolute Gasteiger partial charge is 0.143 e. The average molecular weight is 602 g/mol. The van der Waals surface area contributed by atoms with Crippen LogP contribution in [0.25, 0.3) is 98.4 Å². The summed E-state index contributed by atoms with van der Waals surface area (Å²) in [5.74, 6) is 0. The Morgan fingerprint density at radius 1 is 0.426 bits per heavy atom. The van der Waals surface area contributed by atoms with Crippen molar-refractivity contribution in [2.75, 3.05) is 0 Å². The van der Waals surface area contributed by atoms with Crippen molar-refractivity contribution in [2.45, 2.75) is 0 Å². The molecule has 10 rings (SSSR count). The van der Waals surface area contributed by atoms with Crippen LogP contribution in [-0.4, -0.2) is 0 Å². The summed E-state index contributed by atoms with van der Waals surface area (Å²) in [4.78, 5) is 0. The van der Waals surface area contributed by atoms with Crippen LogP contribution in [0.15, 0.2) is 174 Å². The van der Waals surface area contributed by atoms with Crippen LogP contribution in [0.4, 0.5) is 0 Å².